The third-order valence-electron chi connectivity index (χ3n) is 3.04. The zero-order valence-corrected chi connectivity index (χ0v) is 10.8. The number of rotatable bonds is 1. The van der Waals surface area contributed by atoms with Gasteiger partial charge in [-0.25, -0.2) is 9.07 Å². The second kappa shape index (κ2) is 4.38. The van der Waals surface area contributed by atoms with Crippen molar-refractivity contribution in [2.24, 2.45) is 0 Å². The molecule has 1 atom stereocenters. The molecule has 1 saturated heterocycles. The normalized spacial score (nSPS) is 20.9. The molecule has 2 aromatic rings. The molecule has 0 spiro atoms. The zero-order valence-electron chi connectivity index (χ0n) is 9.20. The topological polar surface area (TPSA) is 27.1 Å². The second-order valence-corrected chi connectivity index (χ2v) is 5.09. The van der Waals surface area contributed by atoms with E-state index in [9.17, 15) is 4.39 Å². The minimum Gasteiger partial charge on any atom is -0.356 e. The molecule has 1 aliphatic rings. The number of aromatic nitrogens is 2. The van der Waals surface area contributed by atoms with Crippen LogP contribution in [-0.2, 0) is 4.74 Å². The first-order valence-corrected chi connectivity index (χ1v) is 6.49. The maximum absolute atomic E-state index is 13.3. The van der Waals surface area contributed by atoms with Crippen LogP contribution in [0.3, 0.4) is 0 Å². The molecule has 3 rings (SSSR count). The van der Waals surface area contributed by atoms with E-state index in [0.29, 0.717) is 0 Å². The summed E-state index contributed by atoms with van der Waals surface area (Å²) in [5.74, 6) is -0.256. The molecule has 3 nitrogen and oxygen atoms in total. The fourth-order valence-electron chi connectivity index (χ4n) is 2.24. The summed E-state index contributed by atoms with van der Waals surface area (Å²) in [5, 5.41) is 5.11. The van der Waals surface area contributed by atoms with Crippen molar-refractivity contribution in [2.75, 3.05) is 6.61 Å². The van der Waals surface area contributed by atoms with Crippen molar-refractivity contribution >= 4 is 26.8 Å². The van der Waals surface area contributed by atoms with E-state index in [-0.39, 0.29) is 12.0 Å². The smallest absolute Gasteiger partial charge is 0.150 e. The summed E-state index contributed by atoms with van der Waals surface area (Å²) in [6.45, 7) is 0.769. The van der Waals surface area contributed by atoms with Gasteiger partial charge in [0.15, 0.2) is 6.23 Å². The van der Waals surface area contributed by atoms with Gasteiger partial charge in [0.1, 0.15) is 5.82 Å². The van der Waals surface area contributed by atoms with Crippen molar-refractivity contribution < 1.29 is 9.13 Å². The molecular formula is C12H12BrFN2O. The molecular weight excluding hydrogens is 287 g/mol. The minimum atomic E-state index is -0.256. The van der Waals surface area contributed by atoms with Gasteiger partial charge in [0.2, 0.25) is 0 Å². The quantitative estimate of drug-likeness (QED) is 0.804. The van der Waals surface area contributed by atoms with Crippen molar-refractivity contribution in [1.29, 1.82) is 0 Å². The summed E-state index contributed by atoms with van der Waals surface area (Å²) in [7, 11) is 0. The van der Waals surface area contributed by atoms with Crippen LogP contribution in [0.4, 0.5) is 4.39 Å². The molecule has 5 heteroatoms. The fourth-order valence-corrected chi connectivity index (χ4v) is 2.87. The lowest BCUT2D eigenvalue weighted by molar-refractivity contribution is -0.0367. The number of nitrogens with zero attached hydrogens (tertiary/aromatic N) is 2. The summed E-state index contributed by atoms with van der Waals surface area (Å²) in [5.41, 5.74) is 0.901. The molecule has 2 heterocycles. The molecule has 17 heavy (non-hydrogen) atoms. The minimum absolute atomic E-state index is 0.0250. The predicted octanol–water partition coefficient (Wildman–Crippen LogP) is 3.64. The molecule has 90 valence electrons. The van der Waals surface area contributed by atoms with E-state index in [1.807, 2.05) is 4.68 Å². The first kappa shape index (κ1) is 11.2. The fraction of sp³-hybridized carbons (Fsp3) is 0.417. The number of benzene rings is 1. The summed E-state index contributed by atoms with van der Waals surface area (Å²) in [4.78, 5) is 0. The first-order valence-electron chi connectivity index (χ1n) is 5.69. The van der Waals surface area contributed by atoms with Gasteiger partial charge < -0.3 is 4.74 Å². The molecule has 1 aliphatic heterocycles. The van der Waals surface area contributed by atoms with E-state index < -0.39 is 0 Å². The number of fused-ring (bicyclic) bond motifs is 1. The average molecular weight is 299 g/mol. The van der Waals surface area contributed by atoms with Crippen LogP contribution in [0.1, 0.15) is 25.5 Å². The lowest BCUT2D eigenvalue weighted by atomic mass is 10.2. The summed E-state index contributed by atoms with van der Waals surface area (Å²) in [6.07, 6.45) is 4.86. The molecule has 1 fully saturated rings. The molecule has 1 unspecified atom stereocenters. The van der Waals surface area contributed by atoms with Crippen LogP contribution in [-0.4, -0.2) is 16.4 Å². The number of hydrogen-bond donors (Lipinski definition) is 0. The highest BCUT2D eigenvalue weighted by Crippen LogP contribution is 2.30. The molecule has 0 radical (unpaired) electrons. The number of hydrogen-bond acceptors (Lipinski definition) is 2. The van der Waals surface area contributed by atoms with Gasteiger partial charge >= 0.3 is 0 Å². The van der Waals surface area contributed by atoms with Crippen molar-refractivity contribution in [2.45, 2.75) is 25.5 Å². The highest BCUT2D eigenvalue weighted by Gasteiger charge is 2.20. The monoisotopic (exact) mass is 298 g/mol. The molecule has 0 aliphatic carbocycles. The van der Waals surface area contributed by atoms with Gasteiger partial charge in [-0.15, -0.1) is 0 Å². The Bertz CT molecular complexity index is 549. The van der Waals surface area contributed by atoms with Crippen LogP contribution in [0.5, 0.6) is 0 Å². The molecule has 0 amide bonds. The Labute approximate surface area is 107 Å². The van der Waals surface area contributed by atoms with Crippen molar-refractivity contribution in [3.8, 4) is 0 Å². The SMILES string of the molecule is Fc1cc(Br)c2c(cnn2C2CCCCO2)c1. The van der Waals surface area contributed by atoms with Gasteiger partial charge in [0.05, 0.1) is 11.7 Å². The Morgan fingerprint density at radius 1 is 1.41 bits per heavy atom. The van der Waals surface area contributed by atoms with Gasteiger partial charge in [-0.2, -0.15) is 5.10 Å². The Balaban J connectivity index is 2.10. The Kier molecular flexibility index (Phi) is 2.88. The Morgan fingerprint density at radius 3 is 3.06 bits per heavy atom. The zero-order chi connectivity index (χ0) is 11.8. The van der Waals surface area contributed by atoms with E-state index in [0.717, 1.165) is 41.2 Å². The van der Waals surface area contributed by atoms with E-state index in [2.05, 4.69) is 21.0 Å². The summed E-state index contributed by atoms with van der Waals surface area (Å²) >= 11 is 3.39. The van der Waals surface area contributed by atoms with Gasteiger partial charge in [-0.05, 0) is 47.3 Å². The predicted molar refractivity (Wildman–Crippen MR) is 66.2 cm³/mol. The van der Waals surface area contributed by atoms with Crippen molar-refractivity contribution in [3.63, 3.8) is 0 Å². The largest absolute Gasteiger partial charge is 0.356 e. The lowest BCUT2D eigenvalue weighted by Crippen LogP contribution is -2.19. The van der Waals surface area contributed by atoms with Crippen molar-refractivity contribution in [1.82, 2.24) is 9.78 Å². The molecule has 1 aromatic carbocycles. The van der Waals surface area contributed by atoms with Crippen LogP contribution in [0.15, 0.2) is 22.8 Å². The van der Waals surface area contributed by atoms with Crippen LogP contribution in [0.25, 0.3) is 10.9 Å². The van der Waals surface area contributed by atoms with Gasteiger partial charge in [0, 0.05) is 16.5 Å². The highest BCUT2D eigenvalue weighted by molar-refractivity contribution is 9.10. The molecule has 0 saturated carbocycles. The van der Waals surface area contributed by atoms with Gasteiger partial charge in [0.25, 0.3) is 0 Å². The third kappa shape index (κ3) is 1.98. The second-order valence-electron chi connectivity index (χ2n) is 4.24. The van der Waals surface area contributed by atoms with Crippen LogP contribution in [0.2, 0.25) is 0 Å². The van der Waals surface area contributed by atoms with E-state index in [4.69, 9.17) is 4.74 Å². The van der Waals surface area contributed by atoms with Crippen LogP contribution in [0, 0.1) is 5.82 Å². The van der Waals surface area contributed by atoms with E-state index in [1.54, 1.807) is 6.20 Å². The standard InChI is InChI=1S/C12H12BrFN2O/c13-10-6-9(14)5-8-7-15-16(12(8)10)11-3-1-2-4-17-11/h5-7,11H,1-4H2. The third-order valence-corrected chi connectivity index (χ3v) is 3.64. The molecule has 1 aromatic heterocycles. The van der Waals surface area contributed by atoms with Gasteiger partial charge in [-0.1, -0.05) is 0 Å². The number of halogens is 2. The summed E-state index contributed by atoms with van der Waals surface area (Å²) < 4.78 is 21.5. The van der Waals surface area contributed by atoms with E-state index >= 15 is 0 Å². The Morgan fingerprint density at radius 2 is 2.29 bits per heavy atom. The van der Waals surface area contributed by atoms with Crippen LogP contribution < -0.4 is 0 Å². The molecule has 0 N–H and O–H groups in total. The summed E-state index contributed by atoms with van der Waals surface area (Å²) in [6, 6.07) is 2.95. The van der Waals surface area contributed by atoms with Crippen molar-refractivity contribution in [3.05, 3.63) is 28.6 Å². The molecule has 0 bridgehead atoms. The van der Waals surface area contributed by atoms with Crippen LogP contribution >= 0.6 is 15.9 Å². The average Bonchev–Trinajstić information content (AvgIpc) is 2.74. The van der Waals surface area contributed by atoms with E-state index in [1.165, 1.54) is 12.1 Å². The first-order chi connectivity index (χ1) is 8.25. The van der Waals surface area contributed by atoms with Gasteiger partial charge in [-0.3, -0.25) is 0 Å². The highest BCUT2D eigenvalue weighted by atomic mass is 79.9. The maximum Gasteiger partial charge on any atom is 0.150 e. The maximum atomic E-state index is 13.3. The Hall–Kier alpha value is -0.940. The lowest BCUT2D eigenvalue weighted by Gasteiger charge is -2.23. The number of ether oxygens (including phenoxy) is 1.